The molecule has 21 heavy (non-hydrogen) atoms. The fourth-order valence-corrected chi connectivity index (χ4v) is 2.89. The molecule has 3 nitrogen and oxygen atoms in total. The maximum absolute atomic E-state index is 10.4. The van der Waals surface area contributed by atoms with E-state index < -0.39 is 6.10 Å². The minimum Gasteiger partial charge on any atom is -0.388 e. The maximum Gasteiger partial charge on any atom is 0.0793 e. The number of hydrogen-bond acceptors (Lipinski definition) is 2. The lowest BCUT2D eigenvalue weighted by Gasteiger charge is -2.11. The van der Waals surface area contributed by atoms with E-state index in [2.05, 4.69) is 45.3 Å². The van der Waals surface area contributed by atoms with Crippen LogP contribution in [0.1, 0.15) is 23.7 Å². The van der Waals surface area contributed by atoms with Crippen molar-refractivity contribution in [2.75, 3.05) is 0 Å². The summed E-state index contributed by atoms with van der Waals surface area (Å²) in [6.07, 6.45) is 4.93. The Morgan fingerprint density at radius 1 is 1.19 bits per heavy atom. The van der Waals surface area contributed by atoms with Gasteiger partial charge in [0.05, 0.1) is 12.3 Å². The van der Waals surface area contributed by atoms with E-state index in [1.165, 1.54) is 5.39 Å². The minimum atomic E-state index is -0.446. The topological polar surface area (TPSA) is 38.0 Å². The number of halogens is 1. The van der Waals surface area contributed by atoms with Crippen LogP contribution in [-0.4, -0.2) is 14.9 Å². The van der Waals surface area contributed by atoms with Crippen LogP contribution >= 0.6 is 15.9 Å². The third-order valence-corrected chi connectivity index (χ3v) is 4.17. The van der Waals surface area contributed by atoms with Gasteiger partial charge in [0.2, 0.25) is 0 Å². The number of nitrogens with zero attached hydrogens (tertiary/aromatic N) is 2. The summed E-state index contributed by atoms with van der Waals surface area (Å²) in [5.74, 6) is 0. The lowest BCUT2D eigenvalue weighted by molar-refractivity contribution is 0.168. The van der Waals surface area contributed by atoms with Gasteiger partial charge in [-0.25, -0.2) is 0 Å². The van der Waals surface area contributed by atoms with Gasteiger partial charge in [-0.05, 0) is 52.9 Å². The molecule has 0 saturated heterocycles. The number of fused-ring (bicyclic) bond motifs is 1. The second-order valence-corrected chi connectivity index (χ2v) is 6.24. The summed E-state index contributed by atoms with van der Waals surface area (Å²) >= 11 is 3.48. The molecule has 0 bridgehead atoms. The van der Waals surface area contributed by atoms with Gasteiger partial charge in [-0.2, -0.15) is 5.10 Å². The van der Waals surface area contributed by atoms with Crippen LogP contribution in [0, 0.1) is 0 Å². The first-order valence-electron chi connectivity index (χ1n) is 6.96. The van der Waals surface area contributed by atoms with E-state index in [9.17, 15) is 5.11 Å². The van der Waals surface area contributed by atoms with Crippen LogP contribution in [0.3, 0.4) is 0 Å². The van der Waals surface area contributed by atoms with Crippen LogP contribution in [0.25, 0.3) is 10.8 Å². The molecule has 0 aliphatic heterocycles. The molecule has 3 aromatic rings. The van der Waals surface area contributed by atoms with Crippen molar-refractivity contribution < 1.29 is 5.11 Å². The molecule has 3 rings (SSSR count). The highest BCUT2D eigenvalue weighted by molar-refractivity contribution is 9.10. The third kappa shape index (κ3) is 3.34. The van der Waals surface area contributed by atoms with Crippen molar-refractivity contribution in [1.29, 1.82) is 0 Å². The van der Waals surface area contributed by atoms with Crippen LogP contribution in [0.5, 0.6) is 0 Å². The number of rotatable bonds is 4. The smallest absolute Gasteiger partial charge is 0.0793 e. The molecular formula is C17H17BrN2O. The molecule has 1 N–H and O–H groups in total. The van der Waals surface area contributed by atoms with Crippen LogP contribution < -0.4 is 0 Å². The average Bonchev–Trinajstić information content (AvgIpc) is 2.90. The SMILES string of the molecule is Cn1cc(CCC(O)c2ccc3cc(Br)ccc3c2)cn1. The quantitative estimate of drug-likeness (QED) is 0.776. The summed E-state index contributed by atoms with van der Waals surface area (Å²) in [6, 6.07) is 12.3. The van der Waals surface area contributed by atoms with E-state index in [0.29, 0.717) is 6.42 Å². The van der Waals surface area contributed by atoms with Crippen LogP contribution in [-0.2, 0) is 13.5 Å². The molecule has 1 atom stereocenters. The van der Waals surface area contributed by atoms with Gasteiger partial charge in [-0.15, -0.1) is 0 Å². The Hall–Kier alpha value is -1.65. The lowest BCUT2D eigenvalue weighted by atomic mass is 10.00. The predicted octanol–water partition coefficient (Wildman–Crippen LogP) is 4.00. The number of aliphatic hydroxyl groups is 1. The zero-order valence-corrected chi connectivity index (χ0v) is 13.4. The van der Waals surface area contributed by atoms with Crippen molar-refractivity contribution in [2.24, 2.45) is 7.05 Å². The molecule has 0 aliphatic rings. The number of hydrogen-bond donors (Lipinski definition) is 1. The first-order chi connectivity index (χ1) is 10.1. The molecule has 1 aromatic heterocycles. The van der Waals surface area contributed by atoms with Crippen LogP contribution in [0.4, 0.5) is 0 Å². The first-order valence-corrected chi connectivity index (χ1v) is 7.76. The molecule has 4 heteroatoms. The maximum atomic E-state index is 10.4. The zero-order valence-electron chi connectivity index (χ0n) is 11.8. The summed E-state index contributed by atoms with van der Waals surface area (Å²) in [5.41, 5.74) is 2.12. The number of aryl methyl sites for hydroxylation is 2. The third-order valence-electron chi connectivity index (χ3n) is 3.68. The lowest BCUT2D eigenvalue weighted by Crippen LogP contribution is -1.99. The second-order valence-electron chi connectivity index (χ2n) is 5.33. The normalized spacial score (nSPS) is 12.7. The highest BCUT2D eigenvalue weighted by Crippen LogP contribution is 2.25. The summed E-state index contributed by atoms with van der Waals surface area (Å²) in [7, 11) is 1.90. The average molecular weight is 345 g/mol. The number of benzene rings is 2. The highest BCUT2D eigenvalue weighted by Gasteiger charge is 2.09. The Labute approximate surface area is 132 Å². The monoisotopic (exact) mass is 344 g/mol. The van der Waals surface area contributed by atoms with Gasteiger partial charge in [-0.3, -0.25) is 4.68 Å². The van der Waals surface area contributed by atoms with Crippen molar-refractivity contribution >= 4 is 26.7 Å². The Balaban J connectivity index is 1.74. The molecule has 2 aromatic carbocycles. The minimum absolute atomic E-state index is 0.446. The van der Waals surface area contributed by atoms with Gasteiger partial charge in [0.25, 0.3) is 0 Å². The molecule has 1 heterocycles. The fourth-order valence-electron chi connectivity index (χ4n) is 2.51. The molecule has 0 radical (unpaired) electrons. The van der Waals surface area contributed by atoms with E-state index in [1.54, 1.807) is 4.68 Å². The van der Waals surface area contributed by atoms with E-state index >= 15 is 0 Å². The van der Waals surface area contributed by atoms with Gasteiger partial charge < -0.3 is 5.11 Å². The number of aliphatic hydroxyl groups excluding tert-OH is 1. The Morgan fingerprint density at radius 3 is 2.71 bits per heavy atom. The fraction of sp³-hybridized carbons (Fsp3) is 0.235. The van der Waals surface area contributed by atoms with E-state index in [1.807, 2.05) is 31.6 Å². The van der Waals surface area contributed by atoms with Crippen molar-refractivity contribution in [3.05, 3.63) is 64.4 Å². The molecule has 0 amide bonds. The standard InChI is InChI=1S/C17H17BrN2O/c1-20-11-12(10-19-20)2-7-17(21)15-4-3-14-9-16(18)6-5-13(14)8-15/h3-6,8-11,17,21H,2,7H2,1H3. The summed E-state index contributed by atoms with van der Waals surface area (Å²) in [6.45, 7) is 0. The summed E-state index contributed by atoms with van der Waals surface area (Å²) < 4.78 is 2.86. The van der Waals surface area contributed by atoms with E-state index in [0.717, 1.165) is 27.4 Å². The molecule has 108 valence electrons. The van der Waals surface area contributed by atoms with Crippen molar-refractivity contribution in [2.45, 2.75) is 18.9 Å². The van der Waals surface area contributed by atoms with Gasteiger partial charge in [-0.1, -0.05) is 34.1 Å². The van der Waals surface area contributed by atoms with E-state index in [4.69, 9.17) is 0 Å². The Kier molecular flexibility index (Phi) is 4.08. The molecule has 1 unspecified atom stereocenters. The molecule has 0 aliphatic carbocycles. The van der Waals surface area contributed by atoms with Gasteiger partial charge in [0.1, 0.15) is 0 Å². The second kappa shape index (κ2) is 6.00. The predicted molar refractivity (Wildman–Crippen MR) is 88.1 cm³/mol. The molecule has 0 spiro atoms. The Bertz CT molecular complexity index is 766. The summed E-state index contributed by atoms with van der Waals surface area (Å²) in [4.78, 5) is 0. The van der Waals surface area contributed by atoms with Crippen molar-refractivity contribution in [3.63, 3.8) is 0 Å². The van der Waals surface area contributed by atoms with Crippen LogP contribution in [0.15, 0.2) is 53.3 Å². The van der Waals surface area contributed by atoms with Crippen molar-refractivity contribution in [1.82, 2.24) is 9.78 Å². The van der Waals surface area contributed by atoms with Gasteiger partial charge >= 0.3 is 0 Å². The molecular weight excluding hydrogens is 328 g/mol. The zero-order chi connectivity index (χ0) is 14.8. The molecule has 0 saturated carbocycles. The number of aromatic nitrogens is 2. The largest absolute Gasteiger partial charge is 0.388 e. The highest BCUT2D eigenvalue weighted by atomic mass is 79.9. The first kappa shape index (κ1) is 14.3. The van der Waals surface area contributed by atoms with Crippen LogP contribution in [0.2, 0.25) is 0 Å². The van der Waals surface area contributed by atoms with Crippen molar-refractivity contribution in [3.8, 4) is 0 Å². The van der Waals surface area contributed by atoms with Gasteiger partial charge in [0.15, 0.2) is 0 Å². The summed E-state index contributed by atoms with van der Waals surface area (Å²) in [5, 5.41) is 16.8. The van der Waals surface area contributed by atoms with E-state index in [-0.39, 0.29) is 0 Å². The Morgan fingerprint density at radius 2 is 1.95 bits per heavy atom. The molecule has 0 fully saturated rings. The van der Waals surface area contributed by atoms with Gasteiger partial charge in [0, 0.05) is 17.7 Å².